The highest BCUT2D eigenvalue weighted by atomic mass is 16.5. The molecule has 0 aromatic heterocycles. The van der Waals surface area contributed by atoms with Gasteiger partial charge in [-0.1, -0.05) is 12.1 Å². The highest BCUT2D eigenvalue weighted by molar-refractivity contribution is 5.81. The van der Waals surface area contributed by atoms with E-state index in [0.717, 1.165) is 17.5 Å². The minimum absolute atomic E-state index is 0.147. The summed E-state index contributed by atoms with van der Waals surface area (Å²) < 4.78 is 4.69. The molecule has 0 saturated carbocycles. The van der Waals surface area contributed by atoms with Gasteiger partial charge in [0.05, 0.1) is 13.0 Å². The summed E-state index contributed by atoms with van der Waals surface area (Å²) in [6.45, 7) is 0. The number of hydrogen-bond donors (Lipinski definition) is 0. The maximum Gasteiger partial charge on any atom is 0.313 e. The monoisotopic (exact) mass is 235 g/mol. The number of anilines is 1. The first-order chi connectivity index (χ1) is 8.10. The number of esters is 1. The lowest BCUT2D eigenvalue weighted by molar-refractivity contribution is -0.143. The maximum absolute atomic E-state index is 11.5. The van der Waals surface area contributed by atoms with Crippen LogP contribution in [-0.2, 0) is 14.3 Å². The van der Waals surface area contributed by atoms with Crippen molar-refractivity contribution in [3.05, 3.63) is 29.8 Å². The number of hydrogen-bond acceptors (Lipinski definition) is 4. The average Bonchev–Trinajstić information content (AvgIpc) is 2.35. The number of ether oxygens (including phenoxy) is 1. The molecule has 0 heterocycles. The summed E-state index contributed by atoms with van der Waals surface area (Å²) in [6.07, 6.45) is 0.884. The van der Waals surface area contributed by atoms with Crippen LogP contribution in [0, 0.1) is 0 Å². The van der Waals surface area contributed by atoms with E-state index in [1.165, 1.54) is 7.11 Å². The molecular formula is C13H17NO3. The molecule has 17 heavy (non-hydrogen) atoms. The normalized spacial score (nSPS) is 11.7. The number of nitrogens with zero attached hydrogens (tertiary/aromatic N) is 1. The largest absolute Gasteiger partial charge is 0.469 e. The lowest BCUT2D eigenvalue weighted by Crippen LogP contribution is -2.15. The van der Waals surface area contributed by atoms with E-state index in [1.807, 2.05) is 43.3 Å². The van der Waals surface area contributed by atoms with Crippen molar-refractivity contribution in [3.8, 4) is 0 Å². The predicted molar refractivity (Wildman–Crippen MR) is 66.2 cm³/mol. The summed E-state index contributed by atoms with van der Waals surface area (Å²) in [6, 6.07) is 7.52. The molecule has 0 saturated heterocycles. The van der Waals surface area contributed by atoms with Crippen molar-refractivity contribution in [1.82, 2.24) is 0 Å². The van der Waals surface area contributed by atoms with Crippen molar-refractivity contribution < 1.29 is 14.3 Å². The molecule has 0 N–H and O–H groups in total. The molecule has 0 fully saturated rings. The Labute approximate surface area is 101 Å². The second kappa shape index (κ2) is 6.03. The van der Waals surface area contributed by atoms with Gasteiger partial charge in [0.25, 0.3) is 0 Å². The van der Waals surface area contributed by atoms with E-state index in [4.69, 9.17) is 0 Å². The van der Waals surface area contributed by atoms with E-state index in [1.54, 1.807) is 0 Å². The zero-order chi connectivity index (χ0) is 12.8. The van der Waals surface area contributed by atoms with Gasteiger partial charge in [-0.25, -0.2) is 0 Å². The Bertz CT molecular complexity index is 384. The lowest BCUT2D eigenvalue weighted by Gasteiger charge is -2.15. The molecule has 0 amide bonds. The smallest absolute Gasteiger partial charge is 0.313 e. The molecular weight excluding hydrogens is 218 g/mol. The molecule has 92 valence electrons. The van der Waals surface area contributed by atoms with Crippen molar-refractivity contribution in [2.45, 2.75) is 12.3 Å². The SMILES string of the molecule is COC(=O)[C@@H](CC=O)c1ccc(N(C)C)cc1. The zero-order valence-corrected chi connectivity index (χ0v) is 10.3. The molecule has 1 aromatic rings. The van der Waals surface area contributed by atoms with Crippen LogP contribution in [0.3, 0.4) is 0 Å². The fourth-order valence-electron chi connectivity index (χ4n) is 1.61. The van der Waals surface area contributed by atoms with Crippen LogP contribution in [0.5, 0.6) is 0 Å². The van der Waals surface area contributed by atoms with Crippen LogP contribution in [0.4, 0.5) is 5.69 Å². The van der Waals surface area contributed by atoms with Crippen LogP contribution in [0.2, 0.25) is 0 Å². The van der Waals surface area contributed by atoms with Gasteiger partial charge in [-0.15, -0.1) is 0 Å². The van der Waals surface area contributed by atoms with E-state index in [9.17, 15) is 9.59 Å². The van der Waals surface area contributed by atoms with E-state index in [-0.39, 0.29) is 12.4 Å². The molecule has 4 nitrogen and oxygen atoms in total. The van der Waals surface area contributed by atoms with Crippen LogP contribution in [0.15, 0.2) is 24.3 Å². The van der Waals surface area contributed by atoms with Gasteiger partial charge in [-0.2, -0.15) is 0 Å². The summed E-state index contributed by atoms with van der Waals surface area (Å²) in [7, 11) is 5.21. The first-order valence-electron chi connectivity index (χ1n) is 5.39. The molecule has 1 aromatic carbocycles. The Kier molecular flexibility index (Phi) is 4.69. The molecule has 1 rings (SSSR count). The molecule has 1 atom stereocenters. The van der Waals surface area contributed by atoms with Crippen LogP contribution in [-0.4, -0.2) is 33.5 Å². The van der Waals surface area contributed by atoms with E-state index >= 15 is 0 Å². The highest BCUT2D eigenvalue weighted by Gasteiger charge is 2.20. The summed E-state index contributed by atoms with van der Waals surface area (Å²) in [5.41, 5.74) is 1.85. The Morgan fingerprint density at radius 2 is 1.94 bits per heavy atom. The predicted octanol–water partition coefficient (Wildman–Crippen LogP) is 1.60. The number of carbonyl (C=O) groups is 2. The second-order valence-corrected chi connectivity index (χ2v) is 3.96. The first-order valence-corrected chi connectivity index (χ1v) is 5.39. The minimum atomic E-state index is -0.506. The summed E-state index contributed by atoms with van der Waals surface area (Å²) in [5, 5.41) is 0. The number of aldehydes is 1. The lowest BCUT2D eigenvalue weighted by atomic mass is 9.96. The van der Waals surface area contributed by atoms with Gasteiger partial charge in [0.2, 0.25) is 0 Å². The van der Waals surface area contributed by atoms with Crippen LogP contribution >= 0.6 is 0 Å². The van der Waals surface area contributed by atoms with Crippen LogP contribution in [0.1, 0.15) is 17.9 Å². The van der Waals surface area contributed by atoms with E-state index in [2.05, 4.69) is 4.74 Å². The third-order valence-corrected chi connectivity index (χ3v) is 2.63. The third kappa shape index (κ3) is 3.31. The van der Waals surface area contributed by atoms with Gasteiger partial charge in [-0.05, 0) is 17.7 Å². The molecule has 4 heteroatoms. The summed E-state index contributed by atoms with van der Waals surface area (Å²) in [5.74, 6) is -0.886. The number of carbonyl (C=O) groups excluding carboxylic acids is 2. The number of methoxy groups -OCH3 is 1. The van der Waals surface area contributed by atoms with Crippen molar-refractivity contribution in [2.75, 3.05) is 26.1 Å². The fourth-order valence-corrected chi connectivity index (χ4v) is 1.61. The highest BCUT2D eigenvalue weighted by Crippen LogP contribution is 2.22. The van der Waals surface area contributed by atoms with E-state index < -0.39 is 5.92 Å². The van der Waals surface area contributed by atoms with Gasteiger partial charge in [-0.3, -0.25) is 4.79 Å². The summed E-state index contributed by atoms with van der Waals surface area (Å²) >= 11 is 0. The van der Waals surface area contributed by atoms with Crippen LogP contribution in [0.25, 0.3) is 0 Å². The van der Waals surface area contributed by atoms with Crippen molar-refractivity contribution in [2.24, 2.45) is 0 Å². The Hall–Kier alpha value is -1.84. The van der Waals surface area contributed by atoms with Gasteiger partial charge in [0.15, 0.2) is 0 Å². The van der Waals surface area contributed by atoms with Crippen molar-refractivity contribution in [1.29, 1.82) is 0 Å². The minimum Gasteiger partial charge on any atom is -0.469 e. The Morgan fingerprint density at radius 3 is 2.35 bits per heavy atom. The van der Waals surface area contributed by atoms with Gasteiger partial charge in [0, 0.05) is 26.2 Å². The second-order valence-electron chi connectivity index (χ2n) is 3.96. The van der Waals surface area contributed by atoms with Gasteiger partial charge < -0.3 is 14.4 Å². The molecule has 0 aliphatic heterocycles. The van der Waals surface area contributed by atoms with E-state index in [0.29, 0.717) is 0 Å². The molecule has 0 aliphatic rings. The average molecular weight is 235 g/mol. The Morgan fingerprint density at radius 1 is 1.35 bits per heavy atom. The zero-order valence-electron chi connectivity index (χ0n) is 10.3. The molecule has 0 spiro atoms. The topological polar surface area (TPSA) is 46.6 Å². The molecule has 0 unspecified atom stereocenters. The summed E-state index contributed by atoms with van der Waals surface area (Å²) in [4.78, 5) is 24.1. The molecule has 0 aliphatic carbocycles. The molecule has 0 radical (unpaired) electrons. The van der Waals surface area contributed by atoms with Crippen molar-refractivity contribution in [3.63, 3.8) is 0 Å². The first kappa shape index (κ1) is 13.2. The standard InChI is InChI=1S/C13H17NO3/c1-14(2)11-6-4-10(5-7-11)12(8-9-15)13(16)17-3/h4-7,9,12H,8H2,1-3H3/t12-/m0/s1. The number of benzene rings is 1. The maximum atomic E-state index is 11.5. The van der Waals surface area contributed by atoms with Gasteiger partial charge in [0.1, 0.15) is 6.29 Å². The fraction of sp³-hybridized carbons (Fsp3) is 0.385. The van der Waals surface area contributed by atoms with Gasteiger partial charge >= 0.3 is 5.97 Å². The Balaban J connectivity index is 2.94. The third-order valence-electron chi connectivity index (χ3n) is 2.63. The van der Waals surface area contributed by atoms with Crippen LogP contribution < -0.4 is 4.90 Å². The van der Waals surface area contributed by atoms with Crippen molar-refractivity contribution >= 4 is 17.9 Å². The molecule has 0 bridgehead atoms. The number of rotatable bonds is 5. The quantitative estimate of drug-likeness (QED) is 0.574.